The number of rotatable bonds is 5. The van der Waals surface area contributed by atoms with Crippen molar-refractivity contribution in [2.45, 2.75) is 6.42 Å². The molecule has 0 spiro atoms. The van der Waals surface area contributed by atoms with E-state index in [1.165, 1.54) is 6.07 Å². The molecule has 1 aromatic carbocycles. The Kier molecular flexibility index (Phi) is 5.22. The fourth-order valence-corrected chi connectivity index (χ4v) is 1.23. The van der Waals surface area contributed by atoms with Gasteiger partial charge < -0.3 is 11.1 Å². The average molecular weight is 222 g/mol. The van der Waals surface area contributed by atoms with Crippen LogP contribution in [0.3, 0.4) is 0 Å². The van der Waals surface area contributed by atoms with Crippen LogP contribution in [0.5, 0.6) is 0 Å². The van der Waals surface area contributed by atoms with Crippen molar-refractivity contribution >= 4 is 5.91 Å². The minimum Gasteiger partial charge on any atom is -0.352 e. The number of nitrogens with one attached hydrogen (secondary N) is 1. The van der Waals surface area contributed by atoms with Crippen molar-refractivity contribution in [1.82, 2.24) is 5.32 Å². The highest BCUT2D eigenvalue weighted by Crippen LogP contribution is 2.06. The van der Waals surface area contributed by atoms with Crippen LogP contribution in [0.15, 0.2) is 36.4 Å². The van der Waals surface area contributed by atoms with Crippen LogP contribution in [-0.4, -0.2) is 19.0 Å². The molecule has 0 saturated heterocycles. The number of nitrogens with two attached hydrogens (primary N) is 1. The van der Waals surface area contributed by atoms with Crippen LogP contribution in [0.4, 0.5) is 4.39 Å². The second kappa shape index (κ2) is 6.74. The fourth-order valence-electron chi connectivity index (χ4n) is 1.23. The van der Waals surface area contributed by atoms with Gasteiger partial charge in [-0.05, 0) is 11.6 Å². The number of hydrogen-bond acceptors (Lipinski definition) is 2. The molecule has 86 valence electrons. The molecule has 0 bridgehead atoms. The minimum atomic E-state index is -0.352. The van der Waals surface area contributed by atoms with Gasteiger partial charge in [0.25, 0.3) is 0 Å². The van der Waals surface area contributed by atoms with Gasteiger partial charge in [-0.3, -0.25) is 4.79 Å². The summed E-state index contributed by atoms with van der Waals surface area (Å²) in [6.07, 6.45) is 3.58. The largest absolute Gasteiger partial charge is 0.352 e. The quantitative estimate of drug-likeness (QED) is 0.730. The summed E-state index contributed by atoms with van der Waals surface area (Å²) in [5.74, 6) is -0.554. The predicted molar refractivity (Wildman–Crippen MR) is 61.3 cm³/mol. The third kappa shape index (κ3) is 4.23. The number of carbonyl (C=O) groups excluding carboxylic acids is 1. The zero-order chi connectivity index (χ0) is 11.8. The van der Waals surface area contributed by atoms with E-state index in [0.717, 1.165) is 0 Å². The minimum absolute atomic E-state index is 0.0587. The van der Waals surface area contributed by atoms with Crippen molar-refractivity contribution in [3.63, 3.8) is 0 Å². The zero-order valence-electron chi connectivity index (χ0n) is 8.95. The summed E-state index contributed by atoms with van der Waals surface area (Å²) in [6, 6.07) is 6.25. The molecular weight excluding hydrogens is 207 g/mol. The van der Waals surface area contributed by atoms with E-state index in [-0.39, 0.29) is 18.1 Å². The van der Waals surface area contributed by atoms with Crippen LogP contribution in [0, 0.1) is 5.82 Å². The first-order valence-electron chi connectivity index (χ1n) is 5.09. The lowest BCUT2D eigenvalue weighted by atomic mass is 10.1. The molecule has 1 aromatic rings. The summed E-state index contributed by atoms with van der Waals surface area (Å²) in [5, 5.41) is 2.65. The summed E-state index contributed by atoms with van der Waals surface area (Å²) in [4.78, 5) is 11.4. The molecule has 3 nitrogen and oxygen atoms in total. The molecule has 4 heteroatoms. The Labute approximate surface area is 94.1 Å². The van der Waals surface area contributed by atoms with Gasteiger partial charge in [-0.25, -0.2) is 4.39 Å². The van der Waals surface area contributed by atoms with Gasteiger partial charge >= 0.3 is 0 Å². The molecule has 0 radical (unpaired) electrons. The molecule has 16 heavy (non-hydrogen) atoms. The molecule has 0 aliphatic rings. The summed E-state index contributed by atoms with van der Waals surface area (Å²) in [5.41, 5.74) is 5.65. The number of halogens is 1. The van der Waals surface area contributed by atoms with Gasteiger partial charge in [-0.2, -0.15) is 0 Å². The van der Waals surface area contributed by atoms with Crippen molar-refractivity contribution < 1.29 is 9.18 Å². The highest BCUT2D eigenvalue weighted by atomic mass is 19.1. The molecule has 0 aliphatic heterocycles. The Morgan fingerprint density at radius 2 is 2.12 bits per heavy atom. The molecule has 3 N–H and O–H groups in total. The van der Waals surface area contributed by atoms with Crippen molar-refractivity contribution in [3.05, 3.63) is 47.8 Å². The lowest BCUT2D eigenvalue weighted by Crippen LogP contribution is -2.25. The van der Waals surface area contributed by atoms with Gasteiger partial charge in [0.1, 0.15) is 5.82 Å². The van der Waals surface area contributed by atoms with Gasteiger partial charge in [0.2, 0.25) is 5.91 Å². The number of carbonyl (C=O) groups is 1. The first-order chi connectivity index (χ1) is 7.74. The maximum Gasteiger partial charge on any atom is 0.224 e. The van der Waals surface area contributed by atoms with Crippen LogP contribution in [-0.2, 0) is 11.2 Å². The van der Waals surface area contributed by atoms with E-state index in [1.807, 2.05) is 0 Å². The van der Waals surface area contributed by atoms with Crippen LogP contribution in [0.1, 0.15) is 5.56 Å². The maximum atomic E-state index is 13.2. The summed E-state index contributed by atoms with van der Waals surface area (Å²) in [7, 11) is 0. The summed E-state index contributed by atoms with van der Waals surface area (Å²) < 4.78 is 13.2. The van der Waals surface area contributed by atoms with Gasteiger partial charge in [0.05, 0.1) is 6.42 Å². The summed E-state index contributed by atoms with van der Waals surface area (Å²) in [6.45, 7) is 0.869. The molecule has 0 atom stereocenters. The van der Waals surface area contributed by atoms with Crippen molar-refractivity contribution in [2.24, 2.45) is 5.73 Å². The Morgan fingerprint density at radius 1 is 1.38 bits per heavy atom. The number of amides is 1. The van der Waals surface area contributed by atoms with Crippen LogP contribution in [0.25, 0.3) is 0 Å². The molecule has 0 heterocycles. The normalized spacial score (nSPS) is 10.6. The van der Waals surface area contributed by atoms with E-state index in [2.05, 4.69) is 5.32 Å². The molecule has 1 amide bonds. The zero-order valence-corrected chi connectivity index (χ0v) is 8.95. The van der Waals surface area contributed by atoms with E-state index in [0.29, 0.717) is 18.7 Å². The molecule has 1 rings (SSSR count). The Bertz CT molecular complexity index is 377. The van der Waals surface area contributed by atoms with E-state index < -0.39 is 0 Å². The van der Waals surface area contributed by atoms with Gasteiger partial charge in [0, 0.05) is 13.1 Å². The van der Waals surface area contributed by atoms with Gasteiger partial charge in [-0.15, -0.1) is 0 Å². The SMILES string of the molecule is NC/C=C/CNC(=O)Cc1ccccc1F. The number of benzene rings is 1. The molecule has 0 saturated carbocycles. The maximum absolute atomic E-state index is 13.2. The van der Waals surface area contributed by atoms with Gasteiger partial charge in [0.15, 0.2) is 0 Å². The lowest BCUT2D eigenvalue weighted by molar-refractivity contribution is -0.120. The lowest BCUT2D eigenvalue weighted by Gasteiger charge is -2.03. The molecule has 0 aliphatic carbocycles. The van der Waals surface area contributed by atoms with E-state index in [1.54, 1.807) is 30.4 Å². The van der Waals surface area contributed by atoms with E-state index in [9.17, 15) is 9.18 Å². The predicted octanol–water partition coefficient (Wildman–Crippen LogP) is 0.999. The van der Waals surface area contributed by atoms with Crippen molar-refractivity contribution in [1.29, 1.82) is 0 Å². The standard InChI is InChI=1S/C12H15FN2O/c13-11-6-2-1-5-10(11)9-12(16)15-8-4-3-7-14/h1-6H,7-9,14H2,(H,15,16)/b4-3+. The number of hydrogen-bond donors (Lipinski definition) is 2. The van der Waals surface area contributed by atoms with Crippen molar-refractivity contribution in [2.75, 3.05) is 13.1 Å². The van der Waals surface area contributed by atoms with Gasteiger partial charge in [-0.1, -0.05) is 30.4 Å². The third-order valence-electron chi connectivity index (χ3n) is 2.03. The average Bonchev–Trinajstić information content (AvgIpc) is 2.28. The molecule has 0 aromatic heterocycles. The van der Waals surface area contributed by atoms with Crippen LogP contribution in [0.2, 0.25) is 0 Å². The van der Waals surface area contributed by atoms with E-state index >= 15 is 0 Å². The highest BCUT2D eigenvalue weighted by molar-refractivity contribution is 5.78. The first-order valence-corrected chi connectivity index (χ1v) is 5.09. The fraction of sp³-hybridized carbons (Fsp3) is 0.250. The highest BCUT2D eigenvalue weighted by Gasteiger charge is 2.05. The third-order valence-corrected chi connectivity index (χ3v) is 2.03. The first kappa shape index (κ1) is 12.4. The Balaban J connectivity index is 2.40. The second-order valence-electron chi connectivity index (χ2n) is 3.28. The Hall–Kier alpha value is -1.68. The topological polar surface area (TPSA) is 55.1 Å². The summed E-state index contributed by atoms with van der Waals surface area (Å²) >= 11 is 0. The van der Waals surface area contributed by atoms with Crippen LogP contribution >= 0.6 is 0 Å². The Morgan fingerprint density at radius 3 is 2.81 bits per heavy atom. The van der Waals surface area contributed by atoms with Crippen molar-refractivity contribution in [3.8, 4) is 0 Å². The molecular formula is C12H15FN2O. The monoisotopic (exact) mass is 222 g/mol. The molecule has 0 fully saturated rings. The van der Waals surface area contributed by atoms with E-state index in [4.69, 9.17) is 5.73 Å². The smallest absolute Gasteiger partial charge is 0.224 e. The second-order valence-corrected chi connectivity index (χ2v) is 3.28. The molecule has 0 unspecified atom stereocenters. The van der Waals surface area contributed by atoms with Crippen LogP contribution < -0.4 is 11.1 Å².